The first-order chi connectivity index (χ1) is 14.7. The molecule has 0 aliphatic carbocycles. The van der Waals surface area contributed by atoms with E-state index in [1.54, 1.807) is 19.5 Å². The third-order valence-corrected chi connectivity index (χ3v) is 5.25. The van der Waals surface area contributed by atoms with Gasteiger partial charge in [-0.25, -0.2) is 4.98 Å². The first-order valence-corrected chi connectivity index (χ1v) is 10.1. The predicted octanol–water partition coefficient (Wildman–Crippen LogP) is 3.18. The molecule has 8 nitrogen and oxygen atoms in total. The summed E-state index contributed by atoms with van der Waals surface area (Å²) in [4.78, 5) is 18.8. The van der Waals surface area contributed by atoms with Gasteiger partial charge >= 0.3 is 0 Å². The zero-order valence-corrected chi connectivity index (χ0v) is 17.0. The topological polar surface area (TPSA) is 93.4 Å². The van der Waals surface area contributed by atoms with Crippen molar-refractivity contribution in [1.82, 2.24) is 20.1 Å². The van der Waals surface area contributed by atoms with Gasteiger partial charge < -0.3 is 19.4 Å². The summed E-state index contributed by atoms with van der Waals surface area (Å²) in [6.07, 6.45) is 6.02. The molecule has 1 aliphatic rings. The van der Waals surface area contributed by atoms with Gasteiger partial charge in [-0.3, -0.25) is 4.79 Å². The lowest BCUT2D eigenvalue weighted by Gasteiger charge is -2.32. The highest BCUT2D eigenvalue weighted by Gasteiger charge is 2.23. The van der Waals surface area contributed by atoms with E-state index in [9.17, 15) is 4.79 Å². The molecule has 1 amide bonds. The number of nitrogens with zero attached hydrogens (tertiary/aromatic N) is 4. The molecule has 3 heterocycles. The number of aromatic nitrogens is 3. The fourth-order valence-electron chi connectivity index (χ4n) is 3.55. The van der Waals surface area contributed by atoms with E-state index in [2.05, 4.69) is 20.5 Å². The number of anilines is 1. The largest absolute Gasteiger partial charge is 0.497 e. The minimum atomic E-state index is 0.136. The molecule has 1 fully saturated rings. The van der Waals surface area contributed by atoms with Gasteiger partial charge in [0, 0.05) is 43.7 Å². The highest BCUT2D eigenvalue weighted by atomic mass is 16.5. The summed E-state index contributed by atoms with van der Waals surface area (Å²) in [5.74, 6) is 2.97. The van der Waals surface area contributed by atoms with E-state index >= 15 is 0 Å². The van der Waals surface area contributed by atoms with Crippen LogP contribution in [0.2, 0.25) is 0 Å². The normalized spacial score (nSPS) is 14.5. The SMILES string of the molecule is COc1ccc(-c2cnc(CCC(=O)N3CCC(Nc4cccnn4)CC3)o2)cc1. The van der Waals surface area contributed by atoms with Crippen molar-refractivity contribution in [2.75, 3.05) is 25.5 Å². The van der Waals surface area contributed by atoms with E-state index in [-0.39, 0.29) is 5.91 Å². The van der Waals surface area contributed by atoms with Crippen LogP contribution in [-0.2, 0) is 11.2 Å². The number of piperidine rings is 1. The molecular weight excluding hydrogens is 382 g/mol. The molecule has 4 rings (SSSR count). The van der Waals surface area contributed by atoms with E-state index in [1.807, 2.05) is 41.3 Å². The number of likely N-dealkylation sites (tertiary alicyclic amines) is 1. The number of amides is 1. The van der Waals surface area contributed by atoms with Crippen molar-refractivity contribution in [3.8, 4) is 17.1 Å². The van der Waals surface area contributed by atoms with Crippen LogP contribution in [0.1, 0.15) is 25.2 Å². The minimum Gasteiger partial charge on any atom is -0.497 e. The number of ether oxygens (including phenoxy) is 1. The van der Waals surface area contributed by atoms with Gasteiger partial charge in [-0.1, -0.05) is 0 Å². The van der Waals surface area contributed by atoms with Gasteiger partial charge in [-0.2, -0.15) is 5.10 Å². The molecule has 0 unspecified atom stereocenters. The van der Waals surface area contributed by atoms with Crippen LogP contribution < -0.4 is 10.1 Å². The summed E-state index contributed by atoms with van der Waals surface area (Å²) in [5.41, 5.74) is 0.929. The number of hydrogen-bond donors (Lipinski definition) is 1. The Morgan fingerprint density at radius 1 is 1.23 bits per heavy atom. The first-order valence-electron chi connectivity index (χ1n) is 10.1. The van der Waals surface area contributed by atoms with Crippen molar-refractivity contribution in [3.05, 3.63) is 54.7 Å². The molecule has 0 radical (unpaired) electrons. The Morgan fingerprint density at radius 2 is 2.03 bits per heavy atom. The van der Waals surface area contributed by atoms with E-state index in [0.717, 1.165) is 43.1 Å². The third kappa shape index (κ3) is 4.94. The highest BCUT2D eigenvalue weighted by Crippen LogP contribution is 2.24. The molecule has 156 valence electrons. The molecule has 0 spiro atoms. The molecule has 8 heteroatoms. The van der Waals surface area contributed by atoms with Gasteiger partial charge in [0.2, 0.25) is 5.91 Å². The van der Waals surface area contributed by atoms with Crippen molar-refractivity contribution in [3.63, 3.8) is 0 Å². The van der Waals surface area contributed by atoms with Crippen molar-refractivity contribution < 1.29 is 13.9 Å². The zero-order chi connectivity index (χ0) is 20.8. The van der Waals surface area contributed by atoms with E-state index in [4.69, 9.17) is 9.15 Å². The van der Waals surface area contributed by atoms with Crippen LogP contribution in [0.15, 0.2) is 53.2 Å². The van der Waals surface area contributed by atoms with Gasteiger partial charge in [0.25, 0.3) is 0 Å². The van der Waals surface area contributed by atoms with E-state index in [1.165, 1.54) is 0 Å². The number of methoxy groups -OCH3 is 1. The molecule has 1 aromatic carbocycles. The molecular formula is C22H25N5O3. The average molecular weight is 407 g/mol. The summed E-state index contributed by atoms with van der Waals surface area (Å²) in [7, 11) is 1.63. The van der Waals surface area contributed by atoms with Crippen LogP contribution in [0, 0.1) is 0 Å². The summed E-state index contributed by atoms with van der Waals surface area (Å²) in [6, 6.07) is 11.7. The van der Waals surface area contributed by atoms with Gasteiger partial charge in [-0.05, 0) is 49.2 Å². The Kier molecular flexibility index (Phi) is 6.22. The number of hydrogen-bond acceptors (Lipinski definition) is 7. The van der Waals surface area contributed by atoms with Crippen molar-refractivity contribution >= 4 is 11.7 Å². The van der Waals surface area contributed by atoms with Crippen LogP contribution >= 0.6 is 0 Å². The molecule has 0 atom stereocenters. The zero-order valence-electron chi connectivity index (χ0n) is 17.0. The Bertz CT molecular complexity index is 950. The van der Waals surface area contributed by atoms with Crippen LogP contribution in [0.5, 0.6) is 5.75 Å². The summed E-state index contributed by atoms with van der Waals surface area (Å²) >= 11 is 0. The maximum Gasteiger partial charge on any atom is 0.223 e. The summed E-state index contributed by atoms with van der Waals surface area (Å²) < 4.78 is 11.0. The Balaban J connectivity index is 1.24. The second-order valence-corrected chi connectivity index (χ2v) is 7.26. The lowest BCUT2D eigenvalue weighted by molar-refractivity contribution is -0.132. The second-order valence-electron chi connectivity index (χ2n) is 7.26. The number of rotatable bonds is 7. The highest BCUT2D eigenvalue weighted by molar-refractivity contribution is 5.76. The number of aryl methyl sites for hydroxylation is 1. The van der Waals surface area contributed by atoms with Gasteiger partial charge in [-0.15, -0.1) is 5.10 Å². The average Bonchev–Trinajstić information content (AvgIpc) is 3.28. The quantitative estimate of drug-likeness (QED) is 0.643. The smallest absolute Gasteiger partial charge is 0.223 e. The predicted molar refractivity (Wildman–Crippen MR) is 112 cm³/mol. The van der Waals surface area contributed by atoms with Crippen molar-refractivity contribution in [1.29, 1.82) is 0 Å². The standard InChI is InChI=1S/C22H25N5O3/c1-29-18-6-4-16(5-7-18)19-15-23-21(30-19)8-9-22(28)27-13-10-17(11-14-27)25-20-3-2-12-24-26-20/h2-7,12,15,17H,8-11,13-14H2,1H3,(H,25,26). The maximum absolute atomic E-state index is 12.6. The first kappa shape index (κ1) is 19.9. The molecule has 2 aromatic heterocycles. The lowest BCUT2D eigenvalue weighted by Crippen LogP contribution is -2.42. The lowest BCUT2D eigenvalue weighted by atomic mass is 10.0. The molecule has 1 aliphatic heterocycles. The van der Waals surface area contributed by atoms with E-state index < -0.39 is 0 Å². The number of oxazole rings is 1. The van der Waals surface area contributed by atoms with Crippen LogP contribution in [0.4, 0.5) is 5.82 Å². The number of carbonyl (C=O) groups excluding carboxylic acids is 1. The molecule has 1 N–H and O–H groups in total. The van der Waals surface area contributed by atoms with E-state index in [0.29, 0.717) is 30.5 Å². The summed E-state index contributed by atoms with van der Waals surface area (Å²) in [5, 5.41) is 11.3. The third-order valence-electron chi connectivity index (χ3n) is 5.25. The summed E-state index contributed by atoms with van der Waals surface area (Å²) in [6.45, 7) is 1.47. The molecule has 0 saturated carbocycles. The van der Waals surface area contributed by atoms with Crippen LogP contribution in [-0.4, -0.2) is 52.2 Å². The van der Waals surface area contributed by atoms with Crippen molar-refractivity contribution in [2.24, 2.45) is 0 Å². The van der Waals surface area contributed by atoms with Gasteiger partial charge in [0.05, 0.1) is 13.3 Å². The maximum atomic E-state index is 12.6. The molecule has 0 bridgehead atoms. The van der Waals surface area contributed by atoms with Crippen LogP contribution in [0.25, 0.3) is 11.3 Å². The van der Waals surface area contributed by atoms with Crippen LogP contribution in [0.3, 0.4) is 0 Å². The number of carbonyl (C=O) groups is 1. The fourth-order valence-corrected chi connectivity index (χ4v) is 3.55. The molecule has 30 heavy (non-hydrogen) atoms. The number of nitrogens with one attached hydrogen (secondary N) is 1. The Morgan fingerprint density at radius 3 is 2.73 bits per heavy atom. The van der Waals surface area contributed by atoms with Crippen molar-refractivity contribution in [2.45, 2.75) is 31.7 Å². The molecule has 1 saturated heterocycles. The number of benzene rings is 1. The van der Waals surface area contributed by atoms with Gasteiger partial charge in [0.1, 0.15) is 11.6 Å². The fraction of sp³-hybridized carbons (Fsp3) is 0.364. The minimum absolute atomic E-state index is 0.136. The monoisotopic (exact) mass is 407 g/mol. The van der Waals surface area contributed by atoms with Gasteiger partial charge in [0.15, 0.2) is 11.7 Å². The second kappa shape index (κ2) is 9.39. The Hall–Kier alpha value is -3.42. The molecule has 3 aromatic rings. The Labute approximate surface area is 175 Å².